The van der Waals surface area contributed by atoms with Gasteiger partial charge in [-0.05, 0) is 24.3 Å². The van der Waals surface area contributed by atoms with E-state index in [1.165, 1.54) is 10.9 Å². The molecule has 0 bridgehead atoms. The van der Waals surface area contributed by atoms with Gasteiger partial charge >= 0.3 is 0 Å². The molecule has 3 rings (SSSR count). The quantitative estimate of drug-likeness (QED) is 0.671. The van der Waals surface area contributed by atoms with Gasteiger partial charge in [0, 0.05) is 5.69 Å². The van der Waals surface area contributed by atoms with E-state index in [0.717, 1.165) is 12.1 Å². The smallest absolute Gasteiger partial charge is 0.195 e. The standard InChI is InChI=1S/C14H8F3N3/c15-11-7-6-10(12(16)13(11)17)14-19-18-8-20(14)9-4-2-1-3-5-9/h1-8H. The third kappa shape index (κ3) is 1.95. The van der Waals surface area contributed by atoms with Crippen LogP contribution < -0.4 is 0 Å². The van der Waals surface area contributed by atoms with Crippen LogP contribution in [0.3, 0.4) is 0 Å². The van der Waals surface area contributed by atoms with Crippen LogP contribution in [0.25, 0.3) is 17.1 Å². The van der Waals surface area contributed by atoms with Crippen molar-refractivity contribution in [3.8, 4) is 17.1 Å². The van der Waals surface area contributed by atoms with Gasteiger partial charge in [-0.3, -0.25) is 4.57 Å². The molecule has 0 radical (unpaired) electrons. The van der Waals surface area contributed by atoms with Crippen LogP contribution >= 0.6 is 0 Å². The molecule has 20 heavy (non-hydrogen) atoms. The molecule has 1 aromatic heterocycles. The van der Waals surface area contributed by atoms with Crippen molar-refractivity contribution in [2.75, 3.05) is 0 Å². The molecule has 0 N–H and O–H groups in total. The lowest BCUT2D eigenvalue weighted by molar-refractivity contribution is 0.448. The number of nitrogens with zero attached hydrogens (tertiary/aromatic N) is 3. The second kappa shape index (κ2) is 4.80. The Kier molecular flexibility index (Phi) is 2.98. The lowest BCUT2D eigenvalue weighted by atomic mass is 10.1. The highest BCUT2D eigenvalue weighted by atomic mass is 19.2. The number of hydrogen-bond acceptors (Lipinski definition) is 2. The Morgan fingerprint density at radius 2 is 1.60 bits per heavy atom. The average molecular weight is 275 g/mol. The van der Waals surface area contributed by atoms with Crippen molar-refractivity contribution in [2.45, 2.75) is 0 Å². The Morgan fingerprint density at radius 1 is 0.850 bits per heavy atom. The van der Waals surface area contributed by atoms with Crippen LogP contribution in [0.15, 0.2) is 48.8 Å². The molecule has 100 valence electrons. The van der Waals surface area contributed by atoms with E-state index < -0.39 is 17.5 Å². The molecule has 0 atom stereocenters. The zero-order valence-electron chi connectivity index (χ0n) is 10.1. The first kappa shape index (κ1) is 12.4. The van der Waals surface area contributed by atoms with Gasteiger partial charge in [-0.2, -0.15) is 0 Å². The van der Waals surface area contributed by atoms with Gasteiger partial charge in [-0.15, -0.1) is 10.2 Å². The molecular weight excluding hydrogens is 267 g/mol. The Bertz CT molecular complexity index is 754. The van der Waals surface area contributed by atoms with Crippen LogP contribution in [0.1, 0.15) is 0 Å². The normalized spacial score (nSPS) is 10.8. The van der Waals surface area contributed by atoms with Crippen LogP contribution in [0.2, 0.25) is 0 Å². The van der Waals surface area contributed by atoms with Crippen LogP contribution in [0.4, 0.5) is 13.2 Å². The highest BCUT2D eigenvalue weighted by molar-refractivity contribution is 5.59. The first-order valence-corrected chi connectivity index (χ1v) is 5.78. The van der Waals surface area contributed by atoms with Crippen molar-refractivity contribution in [3.63, 3.8) is 0 Å². The van der Waals surface area contributed by atoms with Crippen molar-refractivity contribution in [1.82, 2.24) is 14.8 Å². The number of rotatable bonds is 2. The van der Waals surface area contributed by atoms with E-state index in [9.17, 15) is 13.2 Å². The summed E-state index contributed by atoms with van der Waals surface area (Å²) in [5.74, 6) is -3.94. The molecule has 0 aliphatic rings. The average Bonchev–Trinajstić information content (AvgIpc) is 2.95. The third-order valence-electron chi connectivity index (χ3n) is 2.86. The molecule has 3 aromatic rings. The van der Waals surface area contributed by atoms with Crippen molar-refractivity contribution < 1.29 is 13.2 Å². The SMILES string of the molecule is Fc1ccc(-c2nncn2-c2ccccc2)c(F)c1F. The first-order chi connectivity index (χ1) is 9.68. The van der Waals surface area contributed by atoms with E-state index in [2.05, 4.69) is 10.2 Å². The van der Waals surface area contributed by atoms with Gasteiger partial charge in [-0.1, -0.05) is 18.2 Å². The van der Waals surface area contributed by atoms with Crippen molar-refractivity contribution in [1.29, 1.82) is 0 Å². The summed E-state index contributed by atoms with van der Waals surface area (Å²) in [4.78, 5) is 0. The second-order valence-electron chi connectivity index (χ2n) is 4.08. The number of aromatic nitrogens is 3. The number of para-hydroxylation sites is 1. The van der Waals surface area contributed by atoms with Gasteiger partial charge in [0.15, 0.2) is 23.3 Å². The number of halogens is 3. The molecule has 0 unspecified atom stereocenters. The molecular formula is C14H8F3N3. The van der Waals surface area contributed by atoms with Crippen LogP contribution in [-0.2, 0) is 0 Å². The topological polar surface area (TPSA) is 30.7 Å². The minimum atomic E-state index is -1.52. The number of hydrogen-bond donors (Lipinski definition) is 0. The molecule has 2 aromatic carbocycles. The van der Waals surface area contributed by atoms with Crippen LogP contribution in [0.5, 0.6) is 0 Å². The van der Waals surface area contributed by atoms with E-state index in [1.54, 1.807) is 24.3 Å². The van der Waals surface area contributed by atoms with Gasteiger partial charge in [-0.25, -0.2) is 13.2 Å². The van der Waals surface area contributed by atoms with Crippen molar-refractivity contribution >= 4 is 0 Å². The predicted octanol–water partition coefficient (Wildman–Crippen LogP) is 3.35. The Hall–Kier alpha value is -2.63. The van der Waals surface area contributed by atoms with E-state index in [0.29, 0.717) is 5.69 Å². The highest BCUT2D eigenvalue weighted by Crippen LogP contribution is 2.26. The lowest BCUT2D eigenvalue weighted by Crippen LogP contribution is -2.00. The molecule has 6 heteroatoms. The Labute approximate surface area is 112 Å². The largest absolute Gasteiger partial charge is 0.282 e. The first-order valence-electron chi connectivity index (χ1n) is 5.78. The molecule has 1 heterocycles. The molecule has 0 fully saturated rings. The summed E-state index contributed by atoms with van der Waals surface area (Å²) in [5, 5.41) is 7.48. The summed E-state index contributed by atoms with van der Waals surface area (Å²) in [5.41, 5.74) is 0.543. The highest BCUT2D eigenvalue weighted by Gasteiger charge is 2.19. The van der Waals surface area contributed by atoms with Crippen LogP contribution in [0, 0.1) is 17.5 Å². The molecule has 0 amide bonds. The lowest BCUT2D eigenvalue weighted by Gasteiger charge is -2.07. The maximum atomic E-state index is 13.8. The molecule has 0 aliphatic heterocycles. The fourth-order valence-electron chi connectivity index (χ4n) is 1.89. The zero-order valence-corrected chi connectivity index (χ0v) is 10.1. The van der Waals surface area contributed by atoms with Gasteiger partial charge in [0.05, 0.1) is 5.56 Å². The summed E-state index contributed by atoms with van der Waals surface area (Å²) in [6.45, 7) is 0. The van der Waals surface area contributed by atoms with E-state index in [1.807, 2.05) is 6.07 Å². The fraction of sp³-hybridized carbons (Fsp3) is 0. The Morgan fingerprint density at radius 3 is 2.35 bits per heavy atom. The van der Waals surface area contributed by atoms with Gasteiger partial charge in [0.25, 0.3) is 0 Å². The summed E-state index contributed by atoms with van der Waals surface area (Å²) in [6, 6.07) is 10.9. The number of benzene rings is 2. The molecule has 0 saturated heterocycles. The summed E-state index contributed by atoms with van der Waals surface area (Å²) in [6.07, 6.45) is 1.38. The Balaban J connectivity index is 2.18. The molecule has 0 aliphatic carbocycles. The minimum Gasteiger partial charge on any atom is -0.282 e. The van der Waals surface area contributed by atoms with Gasteiger partial charge in [0.1, 0.15) is 6.33 Å². The second-order valence-corrected chi connectivity index (χ2v) is 4.08. The molecule has 3 nitrogen and oxygen atoms in total. The summed E-state index contributed by atoms with van der Waals surface area (Å²) >= 11 is 0. The van der Waals surface area contributed by atoms with Crippen LogP contribution in [-0.4, -0.2) is 14.8 Å². The minimum absolute atomic E-state index is 0.104. The maximum absolute atomic E-state index is 13.8. The van der Waals surface area contributed by atoms with E-state index >= 15 is 0 Å². The van der Waals surface area contributed by atoms with Crippen molar-refractivity contribution in [3.05, 3.63) is 66.2 Å². The summed E-state index contributed by atoms with van der Waals surface area (Å²) < 4.78 is 41.6. The van der Waals surface area contributed by atoms with Gasteiger partial charge < -0.3 is 0 Å². The maximum Gasteiger partial charge on any atom is 0.195 e. The fourth-order valence-corrected chi connectivity index (χ4v) is 1.89. The monoisotopic (exact) mass is 275 g/mol. The summed E-state index contributed by atoms with van der Waals surface area (Å²) in [7, 11) is 0. The van der Waals surface area contributed by atoms with E-state index in [-0.39, 0.29) is 11.4 Å². The van der Waals surface area contributed by atoms with Crippen molar-refractivity contribution in [2.24, 2.45) is 0 Å². The predicted molar refractivity (Wildman–Crippen MR) is 66.7 cm³/mol. The van der Waals surface area contributed by atoms with E-state index in [4.69, 9.17) is 0 Å². The molecule has 0 spiro atoms. The third-order valence-corrected chi connectivity index (χ3v) is 2.86. The zero-order chi connectivity index (χ0) is 14.1. The molecule has 0 saturated carbocycles. The van der Waals surface area contributed by atoms with Gasteiger partial charge in [0.2, 0.25) is 0 Å².